The lowest BCUT2D eigenvalue weighted by Crippen LogP contribution is -2.22. The summed E-state index contributed by atoms with van der Waals surface area (Å²) < 4.78 is 5.38. The van der Waals surface area contributed by atoms with Gasteiger partial charge in [0.1, 0.15) is 0 Å². The van der Waals surface area contributed by atoms with E-state index in [1.807, 2.05) is 6.21 Å². The lowest BCUT2D eigenvalue weighted by atomic mass is 9.99. The summed E-state index contributed by atoms with van der Waals surface area (Å²) in [6.45, 7) is 6.29. The lowest BCUT2D eigenvalue weighted by molar-refractivity contribution is 0.333. The maximum absolute atomic E-state index is 8.85. The second-order valence-corrected chi connectivity index (χ2v) is 9.20. The zero-order valence-corrected chi connectivity index (χ0v) is 10.2. The quantitative estimate of drug-likeness (QED) is 0.408. The summed E-state index contributed by atoms with van der Waals surface area (Å²) in [5.74, 6) is 0.473. The van der Waals surface area contributed by atoms with Crippen LogP contribution in [0.4, 0.5) is 0 Å². The zero-order chi connectivity index (χ0) is 10.6. The highest BCUT2D eigenvalue weighted by molar-refractivity contribution is 6.69. The molecule has 0 radical (unpaired) electrons. The minimum Gasteiger partial charge on any atom is -0.456 e. The first-order chi connectivity index (χ1) is 6.53. The molecule has 1 fully saturated rings. The molecule has 78 valence electrons. The molecule has 0 aliphatic heterocycles. The van der Waals surface area contributed by atoms with E-state index in [0.29, 0.717) is 5.92 Å². The number of nitrogens with zero attached hydrogens (tertiary/aromatic N) is 2. The minimum absolute atomic E-state index is 0.156. The van der Waals surface area contributed by atoms with E-state index in [1.165, 1.54) is 0 Å². The maximum atomic E-state index is 8.85. The van der Waals surface area contributed by atoms with Crippen molar-refractivity contribution in [3.8, 4) is 6.07 Å². The van der Waals surface area contributed by atoms with Gasteiger partial charge < -0.3 is 4.53 Å². The smallest absolute Gasteiger partial charge is 0.278 e. The molecule has 0 aromatic heterocycles. The van der Waals surface area contributed by atoms with Gasteiger partial charge in [0, 0.05) is 12.1 Å². The second-order valence-electron chi connectivity index (χ2n) is 4.79. The molecule has 0 spiro atoms. The number of rotatable bonds is 3. The number of oxime groups is 1. The molecule has 0 amide bonds. The number of nitriles is 1. The Morgan fingerprint density at radius 2 is 2.14 bits per heavy atom. The third-order valence-electron chi connectivity index (χ3n) is 2.31. The summed E-state index contributed by atoms with van der Waals surface area (Å²) in [7, 11) is -1.54. The summed E-state index contributed by atoms with van der Waals surface area (Å²) in [5.41, 5.74) is 0. The summed E-state index contributed by atoms with van der Waals surface area (Å²) in [6, 6.07) is 2.33. The number of hydrogen-bond acceptors (Lipinski definition) is 3. The molecule has 0 aromatic rings. The normalized spacial score (nSPS) is 27.9. The van der Waals surface area contributed by atoms with Crippen LogP contribution in [0.1, 0.15) is 19.3 Å². The Bertz CT molecular complexity index is 252. The molecule has 1 rings (SSSR count). The zero-order valence-electron chi connectivity index (χ0n) is 9.16. The summed E-state index contributed by atoms with van der Waals surface area (Å²) in [5, 5.41) is 12.9. The first-order valence-corrected chi connectivity index (χ1v) is 8.55. The van der Waals surface area contributed by atoms with Crippen molar-refractivity contribution in [1.82, 2.24) is 0 Å². The molecule has 0 saturated heterocycles. The first kappa shape index (κ1) is 11.3. The fourth-order valence-electron chi connectivity index (χ4n) is 1.59. The maximum Gasteiger partial charge on any atom is 0.278 e. The Morgan fingerprint density at radius 1 is 1.43 bits per heavy atom. The van der Waals surface area contributed by atoms with Gasteiger partial charge in [0.05, 0.1) is 12.0 Å². The van der Waals surface area contributed by atoms with Crippen LogP contribution in [0.25, 0.3) is 0 Å². The molecular formula is C10H18N2OSi. The van der Waals surface area contributed by atoms with Gasteiger partial charge in [-0.15, -0.1) is 5.16 Å². The van der Waals surface area contributed by atoms with Crippen LogP contribution in [0.15, 0.2) is 5.16 Å². The van der Waals surface area contributed by atoms with Crippen LogP contribution in [0.2, 0.25) is 19.6 Å². The van der Waals surface area contributed by atoms with Gasteiger partial charge in [-0.25, -0.2) is 0 Å². The van der Waals surface area contributed by atoms with E-state index in [4.69, 9.17) is 9.79 Å². The predicted molar refractivity (Wildman–Crippen MR) is 59.4 cm³/mol. The van der Waals surface area contributed by atoms with E-state index in [9.17, 15) is 0 Å². The van der Waals surface area contributed by atoms with Gasteiger partial charge in [0.15, 0.2) is 0 Å². The van der Waals surface area contributed by atoms with Gasteiger partial charge in [-0.05, 0) is 32.5 Å². The highest BCUT2D eigenvalue weighted by Crippen LogP contribution is 2.29. The van der Waals surface area contributed by atoms with Crippen molar-refractivity contribution in [2.24, 2.45) is 17.0 Å². The standard InChI is InChI=1S/C10H18N2OSi/c1-14(2,3)13-12-8-10-6-4-5-9(10)7-11/h8-10H,4-6H2,1-3H3. The molecule has 1 aliphatic carbocycles. The van der Waals surface area contributed by atoms with E-state index >= 15 is 0 Å². The van der Waals surface area contributed by atoms with E-state index < -0.39 is 8.32 Å². The van der Waals surface area contributed by atoms with Crippen molar-refractivity contribution in [3.05, 3.63) is 0 Å². The van der Waals surface area contributed by atoms with Crippen LogP contribution >= 0.6 is 0 Å². The summed E-state index contributed by atoms with van der Waals surface area (Å²) in [6.07, 6.45) is 5.07. The SMILES string of the molecule is C[Si](C)(C)ON=CC1CCCC1C#N. The van der Waals surface area contributed by atoms with Crippen molar-refractivity contribution in [2.45, 2.75) is 38.9 Å². The molecule has 14 heavy (non-hydrogen) atoms. The Balaban J connectivity index is 2.41. The van der Waals surface area contributed by atoms with Gasteiger partial charge in [-0.3, -0.25) is 0 Å². The van der Waals surface area contributed by atoms with Crippen LogP contribution in [0, 0.1) is 23.2 Å². The molecule has 3 nitrogen and oxygen atoms in total. The fraction of sp³-hybridized carbons (Fsp3) is 0.800. The minimum atomic E-state index is -1.54. The average molecular weight is 210 g/mol. The Hall–Kier alpha value is -0.823. The molecule has 2 atom stereocenters. The largest absolute Gasteiger partial charge is 0.456 e. The van der Waals surface area contributed by atoms with Crippen molar-refractivity contribution in [2.75, 3.05) is 0 Å². The topological polar surface area (TPSA) is 45.4 Å². The lowest BCUT2D eigenvalue weighted by Gasteiger charge is -2.13. The van der Waals surface area contributed by atoms with E-state index in [2.05, 4.69) is 30.9 Å². The van der Waals surface area contributed by atoms with Gasteiger partial charge in [0.25, 0.3) is 8.32 Å². The molecule has 1 saturated carbocycles. The molecule has 1 aliphatic rings. The Morgan fingerprint density at radius 3 is 2.71 bits per heavy atom. The van der Waals surface area contributed by atoms with Crippen LogP contribution in [-0.4, -0.2) is 14.5 Å². The fourth-order valence-corrected chi connectivity index (χ4v) is 1.97. The molecule has 0 aromatic carbocycles. The molecule has 4 heteroatoms. The van der Waals surface area contributed by atoms with Crippen molar-refractivity contribution in [3.63, 3.8) is 0 Å². The molecule has 2 unspecified atom stereocenters. The van der Waals surface area contributed by atoms with Gasteiger partial charge in [-0.1, -0.05) is 6.42 Å². The van der Waals surface area contributed by atoms with Gasteiger partial charge in [-0.2, -0.15) is 5.26 Å². The van der Waals surface area contributed by atoms with E-state index in [0.717, 1.165) is 19.3 Å². The molecule has 0 heterocycles. The summed E-state index contributed by atoms with van der Waals surface area (Å²) in [4.78, 5) is 0. The highest BCUT2D eigenvalue weighted by Gasteiger charge is 2.26. The second kappa shape index (κ2) is 4.60. The van der Waals surface area contributed by atoms with Crippen LogP contribution in [0.3, 0.4) is 0 Å². The third-order valence-corrected chi connectivity index (χ3v) is 2.97. The van der Waals surface area contributed by atoms with E-state index in [-0.39, 0.29) is 5.92 Å². The third kappa shape index (κ3) is 3.50. The van der Waals surface area contributed by atoms with Crippen molar-refractivity contribution < 1.29 is 4.53 Å². The monoisotopic (exact) mass is 210 g/mol. The average Bonchev–Trinajstić information content (AvgIpc) is 2.49. The first-order valence-electron chi connectivity index (χ1n) is 5.14. The van der Waals surface area contributed by atoms with Crippen LogP contribution in [0.5, 0.6) is 0 Å². The van der Waals surface area contributed by atoms with Crippen LogP contribution in [-0.2, 0) is 4.53 Å². The Labute approximate surface area is 86.9 Å². The molecule has 0 bridgehead atoms. The Kier molecular flexibility index (Phi) is 3.70. The highest BCUT2D eigenvalue weighted by atomic mass is 28.4. The van der Waals surface area contributed by atoms with Crippen molar-refractivity contribution >= 4 is 14.5 Å². The van der Waals surface area contributed by atoms with E-state index in [1.54, 1.807) is 0 Å². The van der Waals surface area contributed by atoms with Gasteiger partial charge in [0.2, 0.25) is 0 Å². The predicted octanol–water partition coefficient (Wildman–Crippen LogP) is 2.76. The number of hydrogen-bond donors (Lipinski definition) is 0. The molecule has 0 N–H and O–H groups in total. The van der Waals surface area contributed by atoms with Crippen molar-refractivity contribution in [1.29, 1.82) is 5.26 Å². The summed E-state index contributed by atoms with van der Waals surface area (Å²) >= 11 is 0. The van der Waals surface area contributed by atoms with Gasteiger partial charge >= 0.3 is 0 Å². The van der Waals surface area contributed by atoms with Crippen LogP contribution < -0.4 is 0 Å². The molecular weight excluding hydrogens is 192 g/mol.